The first kappa shape index (κ1) is 17.1. The molecule has 2 aromatic heterocycles. The van der Waals surface area contributed by atoms with Gasteiger partial charge in [-0.2, -0.15) is 0 Å². The smallest absolute Gasteiger partial charge is 0.274 e. The maximum Gasteiger partial charge on any atom is 0.274 e. The van der Waals surface area contributed by atoms with Gasteiger partial charge in [0.25, 0.3) is 5.56 Å². The molecule has 0 aliphatic rings. The van der Waals surface area contributed by atoms with Crippen LogP contribution in [0.2, 0.25) is 0 Å². The van der Waals surface area contributed by atoms with Crippen LogP contribution in [0.1, 0.15) is 11.1 Å². The normalized spacial score (nSPS) is 11.9. The van der Waals surface area contributed by atoms with E-state index in [1.54, 1.807) is 11.6 Å². The van der Waals surface area contributed by atoms with Crippen LogP contribution in [-0.2, 0) is 18.3 Å². The van der Waals surface area contributed by atoms with Crippen LogP contribution < -0.4 is 10.7 Å². The number of nitrogens with one attached hydrogen (secondary N) is 1. The Kier molecular flexibility index (Phi) is 5.15. The third-order valence-electron chi connectivity index (χ3n) is 3.79. The summed E-state index contributed by atoms with van der Waals surface area (Å²) < 4.78 is 19.2. The lowest BCUT2D eigenvalue weighted by Crippen LogP contribution is -2.16. The summed E-state index contributed by atoms with van der Waals surface area (Å²) in [6.07, 6.45) is 3.74. The van der Waals surface area contributed by atoms with Crippen molar-refractivity contribution < 1.29 is 8.76 Å². The first-order chi connectivity index (χ1) is 10.8. The number of fused-ring (bicyclic) bond motifs is 1. The fraction of sp³-hybridized carbons (Fsp3) is 0.188. The van der Waals surface area contributed by atoms with E-state index < -0.39 is 11.3 Å². The predicted octanol–water partition coefficient (Wildman–Crippen LogP) is 1.89. The minimum atomic E-state index is -2.36. The van der Waals surface area contributed by atoms with Crippen LogP contribution in [-0.4, -0.2) is 18.3 Å². The number of nitrogens with zero attached hydrogens (tertiary/aromatic N) is 1. The first-order valence-corrected chi connectivity index (χ1v) is 8.03. The van der Waals surface area contributed by atoms with Crippen LogP contribution in [0, 0.1) is 13.8 Å². The molecular weight excluding hydrogens is 314 g/mol. The van der Waals surface area contributed by atoms with Crippen LogP contribution in [0.25, 0.3) is 22.0 Å². The van der Waals surface area contributed by atoms with E-state index in [-0.39, 0.29) is 5.56 Å². The number of pyridine rings is 1. The van der Waals surface area contributed by atoms with Crippen molar-refractivity contribution in [1.82, 2.24) is 9.55 Å². The Hall–Kier alpha value is -2.22. The van der Waals surface area contributed by atoms with Crippen LogP contribution in [0.15, 0.2) is 41.5 Å². The minimum Gasteiger partial charge on any atom is -0.760 e. The molecule has 0 saturated heterocycles. The van der Waals surface area contributed by atoms with Crippen molar-refractivity contribution in [2.24, 2.45) is 12.2 Å². The Morgan fingerprint density at radius 1 is 1.22 bits per heavy atom. The number of rotatable bonds is 1. The van der Waals surface area contributed by atoms with Crippen LogP contribution in [0.5, 0.6) is 0 Å². The second-order valence-electron chi connectivity index (χ2n) is 5.23. The van der Waals surface area contributed by atoms with Crippen molar-refractivity contribution >= 4 is 22.2 Å². The van der Waals surface area contributed by atoms with Crippen molar-refractivity contribution in [3.05, 3.63) is 58.1 Å². The summed E-state index contributed by atoms with van der Waals surface area (Å²) in [7, 11) is 1.79. The van der Waals surface area contributed by atoms with Crippen molar-refractivity contribution in [3.8, 4) is 11.1 Å². The molecule has 0 spiro atoms. The van der Waals surface area contributed by atoms with Gasteiger partial charge in [-0.3, -0.25) is 14.1 Å². The van der Waals surface area contributed by atoms with Gasteiger partial charge in [0.05, 0.1) is 0 Å². The van der Waals surface area contributed by atoms with Crippen molar-refractivity contribution in [1.29, 1.82) is 0 Å². The standard InChI is InChI=1S/C16H16N2O.H3NO2S/c1-10-5-4-6-12(11(10)2)14-9-18(3)16(19)15-13(14)7-8-17-15;1-4(2)3/h4-9,17H,1-3H3;1H2,(H,2,3)/p-1. The molecule has 3 N–H and O–H groups in total. The number of aromatic amines is 1. The molecule has 0 fully saturated rings. The number of aryl methyl sites for hydroxylation is 2. The van der Waals surface area contributed by atoms with E-state index in [9.17, 15) is 4.79 Å². The third kappa shape index (κ3) is 3.58. The highest BCUT2D eigenvalue weighted by molar-refractivity contribution is 7.76. The molecular formula is C16H18N3O3S-. The van der Waals surface area contributed by atoms with Gasteiger partial charge in [-0.05, 0) is 36.6 Å². The summed E-state index contributed by atoms with van der Waals surface area (Å²) in [6.45, 7) is 4.23. The molecule has 6 nitrogen and oxygen atoms in total. The van der Waals surface area contributed by atoms with Crippen LogP contribution in [0.3, 0.4) is 0 Å². The molecule has 0 bridgehead atoms. The molecule has 23 heavy (non-hydrogen) atoms. The van der Waals surface area contributed by atoms with Gasteiger partial charge in [-0.1, -0.05) is 18.2 Å². The van der Waals surface area contributed by atoms with Gasteiger partial charge < -0.3 is 14.1 Å². The zero-order valence-electron chi connectivity index (χ0n) is 13.1. The topological polar surface area (TPSA) is 104 Å². The molecule has 1 aromatic carbocycles. The lowest BCUT2D eigenvalue weighted by atomic mass is 9.96. The highest BCUT2D eigenvalue weighted by atomic mass is 32.2. The monoisotopic (exact) mass is 332 g/mol. The molecule has 7 heteroatoms. The second kappa shape index (κ2) is 6.91. The molecule has 0 radical (unpaired) electrons. The van der Waals surface area contributed by atoms with Gasteiger partial charge in [0.15, 0.2) is 0 Å². The van der Waals surface area contributed by atoms with Gasteiger partial charge in [0.1, 0.15) is 5.52 Å². The summed E-state index contributed by atoms with van der Waals surface area (Å²) in [4.78, 5) is 15.1. The number of hydrogen-bond donors (Lipinski definition) is 2. The second-order valence-corrected chi connectivity index (χ2v) is 5.75. The summed E-state index contributed by atoms with van der Waals surface area (Å²) in [6, 6.07) is 8.23. The lowest BCUT2D eigenvalue weighted by Gasteiger charge is -2.11. The van der Waals surface area contributed by atoms with Gasteiger partial charge in [0, 0.05) is 41.7 Å². The van der Waals surface area contributed by atoms with Crippen molar-refractivity contribution in [2.45, 2.75) is 13.8 Å². The molecule has 122 valence electrons. The Morgan fingerprint density at radius 3 is 2.52 bits per heavy atom. The quantitative estimate of drug-likeness (QED) is 0.665. The van der Waals surface area contributed by atoms with Gasteiger partial charge in [-0.25, -0.2) is 0 Å². The lowest BCUT2D eigenvalue weighted by molar-refractivity contribution is 0.539. The van der Waals surface area contributed by atoms with Gasteiger partial charge in [-0.15, -0.1) is 0 Å². The SMILES string of the molecule is Cc1cccc(-c2cn(C)c(=O)c3[nH]ccc23)c1C.NS(=O)[O-]. The molecule has 0 aliphatic heterocycles. The molecule has 3 aromatic rings. The average molecular weight is 332 g/mol. The van der Waals surface area contributed by atoms with E-state index in [1.165, 1.54) is 16.7 Å². The summed E-state index contributed by atoms with van der Waals surface area (Å²) in [5.74, 6) is 0. The molecule has 0 saturated carbocycles. The number of nitrogens with two attached hydrogens (primary N) is 1. The molecule has 1 unspecified atom stereocenters. The highest BCUT2D eigenvalue weighted by Gasteiger charge is 2.12. The van der Waals surface area contributed by atoms with E-state index in [1.807, 2.05) is 18.5 Å². The fourth-order valence-corrected chi connectivity index (χ4v) is 2.53. The third-order valence-corrected chi connectivity index (χ3v) is 3.79. The maximum absolute atomic E-state index is 12.1. The Morgan fingerprint density at radius 2 is 1.87 bits per heavy atom. The Labute approximate surface area is 136 Å². The van der Waals surface area contributed by atoms with Crippen molar-refractivity contribution in [2.75, 3.05) is 0 Å². The molecule has 0 amide bonds. The summed E-state index contributed by atoms with van der Waals surface area (Å²) in [5.41, 5.74) is 5.47. The zero-order valence-corrected chi connectivity index (χ0v) is 13.9. The fourth-order valence-electron chi connectivity index (χ4n) is 2.53. The van der Waals surface area contributed by atoms with Gasteiger partial charge in [0.2, 0.25) is 0 Å². The highest BCUT2D eigenvalue weighted by Crippen LogP contribution is 2.30. The number of aromatic nitrogens is 2. The summed E-state index contributed by atoms with van der Waals surface area (Å²) in [5, 5.41) is 5.01. The van der Waals surface area contributed by atoms with Crippen molar-refractivity contribution in [3.63, 3.8) is 0 Å². The molecule has 3 rings (SSSR count). The maximum atomic E-state index is 12.1. The number of hydrogen-bond acceptors (Lipinski definition) is 3. The Bertz CT molecular complexity index is 924. The molecule has 1 atom stereocenters. The largest absolute Gasteiger partial charge is 0.760 e. The first-order valence-electron chi connectivity index (χ1n) is 6.90. The zero-order chi connectivity index (χ0) is 17.1. The molecule has 2 heterocycles. The van der Waals surface area contributed by atoms with E-state index in [2.05, 4.69) is 42.2 Å². The molecule has 0 aliphatic carbocycles. The number of benzene rings is 1. The van der Waals surface area contributed by atoms with Crippen LogP contribution in [0.4, 0.5) is 0 Å². The summed E-state index contributed by atoms with van der Waals surface area (Å²) >= 11 is -2.36. The van der Waals surface area contributed by atoms with Crippen LogP contribution >= 0.6 is 0 Å². The Balaban J connectivity index is 0.000000433. The van der Waals surface area contributed by atoms with E-state index in [0.717, 1.165) is 10.9 Å². The minimum absolute atomic E-state index is 0.00839. The average Bonchev–Trinajstić information content (AvgIpc) is 2.95. The van der Waals surface area contributed by atoms with E-state index in [4.69, 9.17) is 8.76 Å². The predicted molar refractivity (Wildman–Crippen MR) is 91.6 cm³/mol. The van der Waals surface area contributed by atoms with Gasteiger partial charge >= 0.3 is 0 Å². The van der Waals surface area contributed by atoms with E-state index in [0.29, 0.717) is 5.52 Å². The number of H-pyrrole nitrogens is 1. The van der Waals surface area contributed by atoms with E-state index >= 15 is 0 Å².